The Bertz CT molecular complexity index is 218. The van der Waals surface area contributed by atoms with Crippen molar-refractivity contribution in [3.8, 4) is 0 Å². The molecule has 0 heterocycles. The molecule has 0 aliphatic heterocycles. The molecule has 0 radical (unpaired) electrons. The number of nitrogens with two attached hydrogens (primary N) is 1. The zero-order valence-electron chi connectivity index (χ0n) is 7.58. The van der Waals surface area contributed by atoms with E-state index in [9.17, 15) is 0 Å². The van der Waals surface area contributed by atoms with Gasteiger partial charge in [-0.1, -0.05) is 36.8 Å². The van der Waals surface area contributed by atoms with Crippen molar-refractivity contribution in [2.75, 3.05) is 0 Å². The summed E-state index contributed by atoms with van der Waals surface area (Å²) in [5.74, 6) is 0. The minimum Gasteiger partial charge on any atom is -0.324 e. The molecule has 12 heavy (non-hydrogen) atoms. The molecule has 0 aliphatic carbocycles. The van der Waals surface area contributed by atoms with Gasteiger partial charge in [0.1, 0.15) is 0 Å². The fraction of sp³-hybridized carbons (Fsp3) is 0.400. The monoisotopic (exact) mass is 185 g/mol. The molecule has 1 atom stereocenters. The lowest BCUT2D eigenvalue weighted by molar-refractivity contribution is 0.698. The van der Waals surface area contributed by atoms with Crippen molar-refractivity contribution in [1.82, 2.24) is 0 Å². The maximum absolute atomic E-state index is 5.84. The number of halogens is 1. The molecule has 0 saturated carbocycles. The molecule has 1 rings (SSSR count). The van der Waals surface area contributed by atoms with Crippen molar-refractivity contribution in [2.45, 2.75) is 26.3 Å². The third-order valence-corrected chi connectivity index (χ3v) is 1.95. The Labute approximate surface area is 80.4 Å². The molecule has 2 N–H and O–H groups in total. The van der Waals surface area contributed by atoms with Gasteiger partial charge in [0, 0.05) is 6.04 Å². The van der Waals surface area contributed by atoms with Crippen LogP contribution >= 0.6 is 12.4 Å². The van der Waals surface area contributed by atoms with Crippen molar-refractivity contribution in [2.24, 2.45) is 5.73 Å². The van der Waals surface area contributed by atoms with E-state index < -0.39 is 0 Å². The predicted octanol–water partition coefficient (Wildman–Crippen LogP) is 2.83. The van der Waals surface area contributed by atoms with Crippen LogP contribution in [0.3, 0.4) is 0 Å². The lowest BCUT2D eigenvalue weighted by Gasteiger charge is -2.08. The summed E-state index contributed by atoms with van der Waals surface area (Å²) in [6, 6.07) is 8.61. The predicted molar refractivity (Wildman–Crippen MR) is 55.6 cm³/mol. The van der Waals surface area contributed by atoms with Crippen LogP contribution in [0.25, 0.3) is 0 Å². The molecule has 0 aliphatic rings. The highest BCUT2D eigenvalue weighted by Crippen LogP contribution is 2.13. The van der Waals surface area contributed by atoms with E-state index in [0.717, 1.165) is 6.42 Å². The van der Waals surface area contributed by atoms with Gasteiger partial charge in [-0.3, -0.25) is 0 Å². The van der Waals surface area contributed by atoms with Gasteiger partial charge >= 0.3 is 0 Å². The highest BCUT2D eigenvalue weighted by molar-refractivity contribution is 5.85. The summed E-state index contributed by atoms with van der Waals surface area (Å²) < 4.78 is 0. The van der Waals surface area contributed by atoms with E-state index >= 15 is 0 Å². The quantitative estimate of drug-likeness (QED) is 0.754. The number of hydrogen-bond acceptors (Lipinski definition) is 1. The van der Waals surface area contributed by atoms with Gasteiger partial charge < -0.3 is 5.73 Å². The van der Waals surface area contributed by atoms with Crippen LogP contribution in [0, 0.1) is 6.92 Å². The highest BCUT2D eigenvalue weighted by atomic mass is 35.5. The van der Waals surface area contributed by atoms with E-state index in [1.54, 1.807) is 0 Å². The average molecular weight is 186 g/mol. The molecule has 1 aromatic rings. The van der Waals surface area contributed by atoms with Crippen molar-refractivity contribution >= 4 is 12.4 Å². The summed E-state index contributed by atoms with van der Waals surface area (Å²) in [4.78, 5) is 0. The minimum atomic E-state index is 0. The summed E-state index contributed by atoms with van der Waals surface area (Å²) in [5.41, 5.74) is 8.37. The third-order valence-electron chi connectivity index (χ3n) is 1.95. The zero-order chi connectivity index (χ0) is 8.27. The summed E-state index contributed by atoms with van der Waals surface area (Å²) in [6.45, 7) is 4.19. The van der Waals surface area contributed by atoms with Crippen molar-refractivity contribution in [3.05, 3.63) is 35.4 Å². The van der Waals surface area contributed by atoms with Crippen molar-refractivity contribution in [3.63, 3.8) is 0 Å². The molecule has 0 bridgehead atoms. The van der Waals surface area contributed by atoms with Crippen LogP contribution in [0.5, 0.6) is 0 Å². The molecular weight excluding hydrogens is 170 g/mol. The van der Waals surface area contributed by atoms with E-state index in [-0.39, 0.29) is 18.4 Å². The zero-order valence-corrected chi connectivity index (χ0v) is 8.40. The molecule has 0 amide bonds. The molecule has 1 nitrogen and oxygen atoms in total. The lowest BCUT2D eigenvalue weighted by Crippen LogP contribution is -2.07. The normalized spacial score (nSPS) is 11.9. The Kier molecular flexibility index (Phi) is 4.95. The third kappa shape index (κ3) is 2.84. The number of hydrogen-bond donors (Lipinski definition) is 1. The first-order valence-electron chi connectivity index (χ1n) is 4.06. The molecule has 1 aromatic carbocycles. The summed E-state index contributed by atoms with van der Waals surface area (Å²) >= 11 is 0. The first-order valence-corrected chi connectivity index (χ1v) is 4.06. The maximum atomic E-state index is 5.84. The van der Waals surface area contributed by atoms with Gasteiger partial charge in [-0.05, 0) is 18.9 Å². The fourth-order valence-corrected chi connectivity index (χ4v) is 1.05. The first-order chi connectivity index (χ1) is 5.24. The van der Waals surface area contributed by atoms with Crippen LogP contribution in [0.1, 0.15) is 30.5 Å². The van der Waals surface area contributed by atoms with E-state index in [0.29, 0.717) is 0 Å². The van der Waals surface area contributed by atoms with E-state index in [2.05, 4.69) is 38.1 Å². The lowest BCUT2D eigenvalue weighted by atomic mass is 10.0. The van der Waals surface area contributed by atoms with E-state index in [1.165, 1.54) is 11.1 Å². The van der Waals surface area contributed by atoms with Crippen molar-refractivity contribution < 1.29 is 0 Å². The molecule has 68 valence electrons. The Morgan fingerprint density at radius 2 is 1.75 bits per heavy atom. The van der Waals surface area contributed by atoms with Gasteiger partial charge in [0.25, 0.3) is 0 Å². The summed E-state index contributed by atoms with van der Waals surface area (Å²) in [6.07, 6.45) is 1.00. The Balaban J connectivity index is 0.00000121. The van der Waals surface area contributed by atoms with Crippen molar-refractivity contribution in [1.29, 1.82) is 0 Å². The Morgan fingerprint density at radius 3 is 2.17 bits per heavy atom. The number of rotatable bonds is 2. The van der Waals surface area contributed by atoms with Crippen LogP contribution in [-0.4, -0.2) is 0 Å². The Hall–Kier alpha value is -0.530. The van der Waals surface area contributed by atoms with E-state index in [1.807, 2.05) is 0 Å². The molecule has 0 saturated heterocycles. The van der Waals surface area contributed by atoms with Gasteiger partial charge in [0.15, 0.2) is 0 Å². The van der Waals surface area contributed by atoms with Gasteiger partial charge in [-0.25, -0.2) is 0 Å². The highest BCUT2D eigenvalue weighted by Gasteiger charge is 2.00. The summed E-state index contributed by atoms with van der Waals surface area (Å²) in [7, 11) is 0. The second kappa shape index (κ2) is 5.18. The molecule has 0 spiro atoms. The van der Waals surface area contributed by atoms with Gasteiger partial charge in [0.05, 0.1) is 0 Å². The van der Waals surface area contributed by atoms with Crippen LogP contribution in [0.2, 0.25) is 0 Å². The minimum absolute atomic E-state index is 0. The second-order valence-electron chi connectivity index (χ2n) is 2.93. The SMILES string of the molecule is CC[C@H](N)c1ccc(C)cc1.Cl. The molecule has 0 unspecified atom stereocenters. The van der Waals surface area contributed by atoms with E-state index in [4.69, 9.17) is 5.73 Å². The molecule has 2 heteroatoms. The van der Waals surface area contributed by atoms with Crippen LogP contribution in [0.15, 0.2) is 24.3 Å². The van der Waals surface area contributed by atoms with Crippen LogP contribution in [-0.2, 0) is 0 Å². The Morgan fingerprint density at radius 1 is 1.25 bits per heavy atom. The smallest absolute Gasteiger partial charge is 0.0292 e. The molecule has 0 fully saturated rings. The topological polar surface area (TPSA) is 26.0 Å². The molecule has 0 aromatic heterocycles. The van der Waals surface area contributed by atoms with Crippen LogP contribution in [0.4, 0.5) is 0 Å². The summed E-state index contributed by atoms with van der Waals surface area (Å²) in [5, 5.41) is 0. The largest absolute Gasteiger partial charge is 0.324 e. The van der Waals surface area contributed by atoms with Gasteiger partial charge in [-0.2, -0.15) is 0 Å². The number of aryl methyl sites for hydroxylation is 1. The van der Waals surface area contributed by atoms with Gasteiger partial charge in [0.2, 0.25) is 0 Å². The molecular formula is C10H16ClN. The first kappa shape index (κ1) is 11.5. The second-order valence-corrected chi connectivity index (χ2v) is 2.93. The number of benzene rings is 1. The van der Waals surface area contributed by atoms with Crippen LogP contribution < -0.4 is 5.73 Å². The fourth-order valence-electron chi connectivity index (χ4n) is 1.05. The average Bonchev–Trinajstić information content (AvgIpc) is 2.05. The van der Waals surface area contributed by atoms with Gasteiger partial charge in [-0.15, -0.1) is 12.4 Å². The maximum Gasteiger partial charge on any atom is 0.0292 e. The standard InChI is InChI=1S/C10H15N.ClH/c1-3-10(11)9-6-4-8(2)5-7-9;/h4-7,10H,3,11H2,1-2H3;1H/t10-;/m0./s1.